The highest BCUT2D eigenvalue weighted by Crippen LogP contribution is 2.30. The lowest BCUT2D eigenvalue weighted by Gasteiger charge is -2.34. The van der Waals surface area contributed by atoms with E-state index in [2.05, 4.69) is 21.2 Å². The molecule has 5 rings (SSSR count). The molecule has 246 valence electrons. The molecule has 0 saturated heterocycles. The van der Waals surface area contributed by atoms with E-state index in [0.29, 0.717) is 16.3 Å². The fraction of sp³-hybridized carbons (Fsp3) is 0.297. The highest BCUT2D eigenvalue weighted by molar-refractivity contribution is 9.10. The van der Waals surface area contributed by atoms with Gasteiger partial charge in [0.1, 0.15) is 12.6 Å². The Balaban J connectivity index is 1.58. The van der Waals surface area contributed by atoms with E-state index >= 15 is 0 Å². The van der Waals surface area contributed by atoms with Gasteiger partial charge in [0.25, 0.3) is 10.0 Å². The molecule has 1 aliphatic carbocycles. The van der Waals surface area contributed by atoms with E-state index in [1.807, 2.05) is 61.5 Å². The van der Waals surface area contributed by atoms with Gasteiger partial charge in [-0.15, -0.1) is 0 Å². The summed E-state index contributed by atoms with van der Waals surface area (Å²) in [4.78, 5) is 30.4. The maximum atomic E-state index is 14.7. The molecule has 0 spiro atoms. The predicted octanol–water partition coefficient (Wildman–Crippen LogP) is 7.61. The number of rotatable bonds is 12. The summed E-state index contributed by atoms with van der Waals surface area (Å²) in [5.74, 6) is -0.748. The van der Waals surface area contributed by atoms with Crippen LogP contribution < -0.4 is 9.62 Å². The molecule has 1 saturated carbocycles. The van der Waals surface area contributed by atoms with E-state index in [4.69, 9.17) is 11.6 Å². The van der Waals surface area contributed by atoms with Crippen molar-refractivity contribution in [1.82, 2.24) is 10.2 Å². The van der Waals surface area contributed by atoms with Gasteiger partial charge in [-0.05, 0) is 85.8 Å². The van der Waals surface area contributed by atoms with Crippen molar-refractivity contribution in [1.29, 1.82) is 0 Å². The first kappa shape index (κ1) is 34.7. The molecule has 1 aliphatic rings. The Morgan fingerprint density at radius 3 is 2.19 bits per heavy atom. The maximum absolute atomic E-state index is 14.7. The second-order valence-corrected chi connectivity index (χ2v) is 15.3. The molecule has 0 unspecified atom stereocenters. The zero-order valence-electron chi connectivity index (χ0n) is 26.5. The summed E-state index contributed by atoms with van der Waals surface area (Å²) in [5, 5.41) is 3.66. The Morgan fingerprint density at radius 1 is 0.894 bits per heavy atom. The second kappa shape index (κ2) is 15.5. The lowest BCUT2D eigenvalue weighted by molar-refractivity contribution is -0.140. The molecule has 1 atom stereocenters. The first-order valence-corrected chi connectivity index (χ1v) is 18.4. The number of hydrogen-bond acceptors (Lipinski definition) is 4. The summed E-state index contributed by atoms with van der Waals surface area (Å²) in [7, 11) is -4.20. The number of nitrogens with zero attached hydrogens (tertiary/aromatic N) is 2. The van der Waals surface area contributed by atoms with E-state index in [1.165, 1.54) is 4.90 Å². The lowest BCUT2D eigenvalue weighted by atomic mass is 10.0. The highest BCUT2D eigenvalue weighted by Gasteiger charge is 2.36. The van der Waals surface area contributed by atoms with Gasteiger partial charge in [0.2, 0.25) is 11.8 Å². The van der Waals surface area contributed by atoms with Crippen molar-refractivity contribution in [2.45, 2.75) is 69.5 Å². The fourth-order valence-electron chi connectivity index (χ4n) is 5.96. The number of sulfonamides is 1. The summed E-state index contributed by atoms with van der Waals surface area (Å²) in [6, 6.07) is 27.7. The molecule has 0 aliphatic heterocycles. The Kier molecular flexibility index (Phi) is 11.4. The number of amides is 2. The predicted molar refractivity (Wildman–Crippen MR) is 191 cm³/mol. The molecule has 0 aromatic heterocycles. The van der Waals surface area contributed by atoms with Crippen LogP contribution in [-0.2, 0) is 32.6 Å². The van der Waals surface area contributed by atoms with Gasteiger partial charge in [0.05, 0.1) is 10.6 Å². The zero-order chi connectivity index (χ0) is 33.6. The molecular weight excluding hydrogens is 698 g/mol. The van der Waals surface area contributed by atoms with E-state index < -0.39 is 28.5 Å². The van der Waals surface area contributed by atoms with Crippen LogP contribution in [0.25, 0.3) is 0 Å². The van der Waals surface area contributed by atoms with Crippen molar-refractivity contribution in [2.24, 2.45) is 0 Å². The molecular formula is C37H39BrClN3O4S. The van der Waals surface area contributed by atoms with Gasteiger partial charge >= 0.3 is 0 Å². The maximum Gasteiger partial charge on any atom is 0.264 e. The third-order valence-electron chi connectivity index (χ3n) is 8.55. The molecule has 7 nitrogen and oxygen atoms in total. The van der Waals surface area contributed by atoms with Crippen LogP contribution >= 0.6 is 27.5 Å². The third-order valence-corrected chi connectivity index (χ3v) is 11.1. The monoisotopic (exact) mass is 735 g/mol. The molecule has 4 aromatic rings. The fourth-order valence-corrected chi connectivity index (χ4v) is 7.93. The van der Waals surface area contributed by atoms with Crippen LogP contribution in [0, 0.1) is 13.8 Å². The second-order valence-electron chi connectivity index (χ2n) is 12.1. The highest BCUT2D eigenvalue weighted by atomic mass is 79.9. The van der Waals surface area contributed by atoms with Crippen molar-refractivity contribution in [3.8, 4) is 0 Å². The number of hydrogen-bond donors (Lipinski definition) is 1. The number of anilines is 1. The van der Waals surface area contributed by atoms with Crippen molar-refractivity contribution in [3.05, 3.63) is 129 Å². The van der Waals surface area contributed by atoms with Gasteiger partial charge in [-0.2, -0.15) is 0 Å². The smallest absolute Gasteiger partial charge is 0.264 e. The van der Waals surface area contributed by atoms with Crippen molar-refractivity contribution < 1.29 is 18.0 Å². The minimum Gasteiger partial charge on any atom is -0.352 e. The van der Waals surface area contributed by atoms with Gasteiger partial charge in [-0.1, -0.05) is 101 Å². The normalized spacial score (nSPS) is 14.0. The Hall–Kier alpha value is -3.66. The minimum absolute atomic E-state index is 0.0422. The van der Waals surface area contributed by atoms with E-state index in [1.54, 1.807) is 49.4 Å². The van der Waals surface area contributed by atoms with E-state index in [-0.39, 0.29) is 29.8 Å². The van der Waals surface area contributed by atoms with Crippen LogP contribution in [0.1, 0.15) is 47.9 Å². The molecule has 1 fully saturated rings. The van der Waals surface area contributed by atoms with Crippen molar-refractivity contribution >= 4 is 55.1 Å². The van der Waals surface area contributed by atoms with E-state index in [9.17, 15) is 18.0 Å². The van der Waals surface area contributed by atoms with Gasteiger partial charge in [-0.25, -0.2) is 8.42 Å². The van der Waals surface area contributed by atoms with Gasteiger partial charge < -0.3 is 10.2 Å². The largest absolute Gasteiger partial charge is 0.352 e. The number of carbonyl (C=O) groups is 2. The quantitative estimate of drug-likeness (QED) is 0.162. The van der Waals surface area contributed by atoms with Crippen LogP contribution in [-0.4, -0.2) is 43.8 Å². The summed E-state index contributed by atoms with van der Waals surface area (Å²) >= 11 is 9.74. The zero-order valence-corrected chi connectivity index (χ0v) is 29.7. The summed E-state index contributed by atoms with van der Waals surface area (Å²) in [6.07, 6.45) is 4.14. The van der Waals surface area contributed by atoms with Gasteiger partial charge in [-0.3, -0.25) is 13.9 Å². The SMILES string of the molecule is Cc1ccc(S(=O)(=O)N(CC(=O)N(Cc2ccc(Br)cc2)[C@@H](Cc2ccccc2)C(=O)NC2CCCC2)c2ccc(Cl)cc2C)cc1. The number of aryl methyl sites for hydroxylation is 2. The topological polar surface area (TPSA) is 86.8 Å². The van der Waals surface area contributed by atoms with E-state index in [0.717, 1.165) is 51.2 Å². The average Bonchev–Trinajstić information content (AvgIpc) is 3.56. The number of carbonyl (C=O) groups excluding carboxylic acids is 2. The average molecular weight is 737 g/mol. The molecule has 4 aromatic carbocycles. The summed E-state index contributed by atoms with van der Waals surface area (Å²) in [6.45, 7) is 3.23. The van der Waals surface area contributed by atoms with Crippen LogP contribution in [0.2, 0.25) is 5.02 Å². The van der Waals surface area contributed by atoms with Crippen molar-refractivity contribution in [2.75, 3.05) is 10.8 Å². The molecule has 0 heterocycles. The van der Waals surface area contributed by atoms with Crippen LogP contribution in [0.3, 0.4) is 0 Å². The number of halogens is 2. The number of benzene rings is 4. The first-order valence-electron chi connectivity index (χ1n) is 15.7. The molecule has 0 radical (unpaired) electrons. The lowest BCUT2D eigenvalue weighted by Crippen LogP contribution is -2.54. The molecule has 1 N–H and O–H groups in total. The van der Waals surface area contributed by atoms with Gasteiger partial charge in [0.15, 0.2) is 0 Å². The molecule has 47 heavy (non-hydrogen) atoms. The Labute approximate surface area is 291 Å². The molecule has 2 amide bonds. The van der Waals surface area contributed by atoms with Crippen molar-refractivity contribution in [3.63, 3.8) is 0 Å². The summed E-state index contributed by atoms with van der Waals surface area (Å²) in [5.41, 5.74) is 3.54. The van der Waals surface area contributed by atoms with Crippen LogP contribution in [0.5, 0.6) is 0 Å². The summed E-state index contributed by atoms with van der Waals surface area (Å²) < 4.78 is 30.6. The first-order chi connectivity index (χ1) is 22.5. The van der Waals surface area contributed by atoms with Crippen LogP contribution in [0.15, 0.2) is 106 Å². The molecule has 10 heteroatoms. The standard InChI is InChI=1S/C37H39BrClN3O4S/c1-26-12-19-33(20-13-26)47(45,46)42(34-21-18-31(39)22-27(34)2)25-36(43)41(24-29-14-16-30(38)17-15-29)35(23-28-8-4-3-5-9-28)37(44)40-32-10-6-7-11-32/h3-5,8-9,12-22,32,35H,6-7,10-11,23-25H2,1-2H3,(H,40,44)/t35-/m0/s1. The Morgan fingerprint density at radius 2 is 1.55 bits per heavy atom. The third kappa shape index (κ3) is 8.83. The number of nitrogens with one attached hydrogen (secondary N) is 1. The minimum atomic E-state index is -4.20. The molecule has 0 bridgehead atoms. The van der Waals surface area contributed by atoms with Gasteiger partial charge in [0, 0.05) is 28.5 Å². The Bertz CT molecular complexity index is 1800. The van der Waals surface area contributed by atoms with Crippen LogP contribution in [0.4, 0.5) is 5.69 Å².